The Hall–Kier alpha value is -0.980. The molecule has 0 saturated heterocycles. The molecule has 0 aromatic carbocycles. The lowest BCUT2D eigenvalue weighted by Crippen LogP contribution is -2.68. The summed E-state index contributed by atoms with van der Waals surface area (Å²) in [6.45, 7) is 11.0. The predicted octanol–water partition coefficient (Wildman–Crippen LogP) is -2.67. The topological polar surface area (TPSA) is 96.1 Å². The fraction of sp³-hybridized carbons (Fsp3) is 0.364. The van der Waals surface area contributed by atoms with Gasteiger partial charge in [0, 0.05) is 26.0 Å². The third kappa shape index (κ3) is 7.84. The largest absolute Gasteiger partial charge is 0.222 e. The zero-order valence-corrected chi connectivity index (χ0v) is 10.9. The molecule has 17 heavy (non-hydrogen) atoms. The molecule has 0 unspecified atom stereocenters. The summed E-state index contributed by atoms with van der Waals surface area (Å²) in [5, 5.41) is 0. The van der Waals surface area contributed by atoms with Crippen molar-refractivity contribution in [1.82, 2.24) is 0 Å². The molecule has 1 aromatic rings. The number of nitrogens with zero attached hydrogens (tertiary/aromatic N) is 1. The highest BCUT2D eigenvalue weighted by Gasteiger charge is 2.08. The average Bonchev–Trinajstić information content (AvgIpc) is 2.08. The van der Waals surface area contributed by atoms with E-state index in [1.807, 2.05) is 6.08 Å². The van der Waals surface area contributed by atoms with Gasteiger partial charge in [-0.3, -0.25) is 0 Å². The average molecular weight is 262 g/mol. The molecule has 6 heteroatoms. The second-order valence-corrected chi connectivity index (χ2v) is 4.35. The van der Waals surface area contributed by atoms with Gasteiger partial charge < -0.3 is 0 Å². The Morgan fingerprint density at radius 1 is 1.12 bits per heavy atom. The molecule has 1 aromatic heterocycles. The monoisotopic (exact) mass is 261 g/mol. The van der Waals surface area contributed by atoms with E-state index in [0.717, 1.165) is 6.54 Å². The maximum Gasteiger partial charge on any atom is 0.179 e. The van der Waals surface area contributed by atoms with E-state index in [9.17, 15) is 0 Å². The number of aryl methyl sites for hydroxylation is 3. The molecule has 0 atom stereocenters. The van der Waals surface area contributed by atoms with Crippen LogP contribution in [0.1, 0.15) is 17.0 Å². The second-order valence-electron chi connectivity index (χ2n) is 3.59. The van der Waals surface area contributed by atoms with Crippen LogP contribution < -0.4 is 23.2 Å². The Labute approximate surface area is 103 Å². The molecule has 1 rings (SSSR count). The van der Waals surface area contributed by atoms with Gasteiger partial charge in [-0.2, -0.15) is 4.57 Å². The number of hydrogen-bond acceptors (Lipinski definition) is 4. The minimum atomic E-state index is -4.94. The fourth-order valence-corrected chi connectivity index (χ4v) is 1.55. The van der Waals surface area contributed by atoms with Crippen molar-refractivity contribution in [2.24, 2.45) is 0 Å². The number of allylic oxidation sites excluding steroid dienone is 1. The molecule has 0 aliphatic heterocycles. The van der Waals surface area contributed by atoms with Crippen molar-refractivity contribution in [3.8, 4) is 0 Å². The van der Waals surface area contributed by atoms with Crippen LogP contribution in [0.2, 0.25) is 0 Å². The maximum atomic E-state index is 8.49. The molecular weight excluding hydrogens is 246 g/mol. The fourth-order valence-electron chi connectivity index (χ4n) is 1.55. The van der Waals surface area contributed by atoms with Crippen LogP contribution >= 0.6 is 0 Å². The van der Waals surface area contributed by atoms with Crippen molar-refractivity contribution in [2.45, 2.75) is 27.3 Å². The van der Waals surface area contributed by atoms with E-state index in [4.69, 9.17) is 18.6 Å². The van der Waals surface area contributed by atoms with Gasteiger partial charge in [0.1, 0.15) is 0 Å². The minimum Gasteiger partial charge on any atom is -0.222 e. The van der Waals surface area contributed by atoms with Crippen LogP contribution in [-0.2, 0) is 6.54 Å². The number of rotatable bonds is 2. The van der Waals surface area contributed by atoms with Gasteiger partial charge >= 0.3 is 0 Å². The lowest BCUT2D eigenvalue weighted by atomic mass is 10.2. The quantitative estimate of drug-likeness (QED) is 0.428. The van der Waals surface area contributed by atoms with E-state index in [0.29, 0.717) is 0 Å². The van der Waals surface area contributed by atoms with E-state index in [2.05, 4.69) is 44.0 Å². The van der Waals surface area contributed by atoms with Gasteiger partial charge in [0.25, 0.3) is 0 Å². The van der Waals surface area contributed by atoms with E-state index in [1.54, 1.807) is 0 Å². The summed E-state index contributed by atoms with van der Waals surface area (Å²) in [5.74, 6) is 0. The highest BCUT2D eigenvalue weighted by molar-refractivity contribution is 5.13. The van der Waals surface area contributed by atoms with Crippen LogP contribution in [0.5, 0.6) is 0 Å². The Balaban J connectivity index is 0.000000437. The lowest BCUT2D eigenvalue weighted by Gasteiger charge is -2.17. The van der Waals surface area contributed by atoms with E-state index in [-0.39, 0.29) is 0 Å². The highest BCUT2D eigenvalue weighted by Crippen LogP contribution is 2.01. The van der Waals surface area contributed by atoms with Crippen molar-refractivity contribution in [2.75, 3.05) is 0 Å². The summed E-state index contributed by atoms with van der Waals surface area (Å²) >= 11 is 0. The number of hydrogen-bond donors (Lipinski definition) is 0. The molecule has 0 N–H and O–H groups in total. The molecule has 0 aliphatic rings. The Morgan fingerprint density at radius 2 is 1.47 bits per heavy atom. The van der Waals surface area contributed by atoms with Crippen molar-refractivity contribution in [1.29, 1.82) is 0 Å². The molecule has 96 valence electrons. The summed E-state index contributed by atoms with van der Waals surface area (Å²) in [4.78, 5) is 0. The normalized spacial score (nSPS) is 10.5. The molecule has 1 heterocycles. The zero-order valence-electron chi connectivity index (χ0n) is 10.1. The standard InChI is InChI=1S/C11H16N.ClHO4/c1-5-6-12-10(3)7-9(2)8-11(12)4;2-1(3,4)5/h5,7-8H,1,6H2,2-4H3;(H,2,3,4,5)/q+1;/p-1. The van der Waals surface area contributed by atoms with Crippen molar-refractivity contribution in [3.05, 3.63) is 41.7 Å². The van der Waals surface area contributed by atoms with E-state index in [1.165, 1.54) is 17.0 Å². The maximum absolute atomic E-state index is 8.49. The molecule has 0 aliphatic carbocycles. The summed E-state index contributed by atoms with van der Waals surface area (Å²) < 4.78 is 36.2. The van der Waals surface area contributed by atoms with E-state index >= 15 is 0 Å². The smallest absolute Gasteiger partial charge is 0.179 e. The molecule has 0 spiro atoms. The SMILES string of the molecule is C=CC[n+]1c(C)cc(C)cc1C.[O-][Cl+3]([O-])([O-])[O-]. The number of pyridine rings is 1. The molecule has 0 amide bonds. The van der Waals surface area contributed by atoms with E-state index < -0.39 is 10.2 Å². The third-order valence-corrected chi connectivity index (χ3v) is 2.04. The Kier molecular flexibility index (Phi) is 6.30. The summed E-state index contributed by atoms with van der Waals surface area (Å²) in [7, 11) is -4.94. The van der Waals surface area contributed by atoms with Crippen molar-refractivity contribution < 1.29 is 33.4 Å². The van der Waals surface area contributed by atoms with Gasteiger partial charge in [0.2, 0.25) is 0 Å². The predicted molar refractivity (Wildman–Crippen MR) is 51.0 cm³/mol. The van der Waals surface area contributed by atoms with Gasteiger partial charge in [0.15, 0.2) is 17.9 Å². The highest BCUT2D eigenvalue weighted by atomic mass is 35.7. The molecule has 0 bridgehead atoms. The summed E-state index contributed by atoms with van der Waals surface area (Å²) in [6.07, 6.45) is 1.93. The van der Waals surface area contributed by atoms with Crippen molar-refractivity contribution >= 4 is 0 Å². The van der Waals surface area contributed by atoms with Crippen LogP contribution in [-0.4, -0.2) is 0 Å². The van der Waals surface area contributed by atoms with Crippen LogP contribution in [0.4, 0.5) is 0 Å². The summed E-state index contributed by atoms with van der Waals surface area (Å²) in [6, 6.07) is 4.38. The van der Waals surface area contributed by atoms with Gasteiger partial charge in [-0.25, -0.2) is 18.6 Å². The van der Waals surface area contributed by atoms with Gasteiger partial charge in [-0.1, -0.05) is 6.58 Å². The first kappa shape index (κ1) is 16.0. The Bertz CT molecular complexity index is 359. The van der Waals surface area contributed by atoms with Gasteiger partial charge in [0.05, 0.1) is 0 Å². The Morgan fingerprint density at radius 3 is 1.76 bits per heavy atom. The molecular formula is C11H16ClNO4. The first-order valence-electron chi connectivity index (χ1n) is 4.85. The van der Waals surface area contributed by atoms with Crippen LogP contribution in [0, 0.1) is 31.0 Å². The molecule has 5 nitrogen and oxygen atoms in total. The third-order valence-electron chi connectivity index (χ3n) is 2.04. The second kappa shape index (κ2) is 6.68. The van der Waals surface area contributed by atoms with Crippen molar-refractivity contribution in [3.63, 3.8) is 0 Å². The van der Waals surface area contributed by atoms with Gasteiger partial charge in [-0.05, 0) is 18.6 Å². The first-order valence-corrected chi connectivity index (χ1v) is 6.09. The van der Waals surface area contributed by atoms with Crippen LogP contribution in [0.3, 0.4) is 0 Å². The molecule has 0 radical (unpaired) electrons. The molecule has 0 fully saturated rings. The minimum absolute atomic E-state index is 0.901. The summed E-state index contributed by atoms with van der Waals surface area (Å²) in [5.41, 5.74) is 3.92. The number of halogens is 1. The zero-order chi connectivity index (χ0) is 13.6. The lowest BCUT2D eigenvalue weighted by molar-refractivity contribution is -2.00. The van der Waals surface area contributed by atoms with Crippen LogP contribution in [0.15, 0.2) is 24.8 Å². The number of aromatic nitrogens is 1. The van der Waals surface area contributed by atoms with Crippen LogP contribution in [0.25, 0.3) is 0 Å². The molecule has 0 saturated carbocycles. The first-order chi connectivity index (χ1) is 7.65. The van der Waals surface area contributed by atoms with Gasteiger partial charge in [-0.15, -0.1) is 10.2 Å².